The molecule has 0 aliphatic carbocycles. The summed E-state index contributed by atoms with van der Waals surface area (Å²) in [5, 5.41) is 3.62. The van der Waals surface area contributed by atoms with Gasteiger partial charge in [-0.25, -0.2) is 0 Å². The largest absolute Gasteiger partial charge is 0.304 e. The molecule has 0 amide bonds. The third-order valence-corrected chi connectivity index (χ3v) is 3.64. The van der Waals surface area contributed by atoms with E-state index in [1.165, 1.54) is 11.1 Å². The van der Waals surface area contributed by atoms with Crippen molar-refractivity contribution in [1.82, 2.24) is 5.32 Å². The third kappa shape index (κ3) is 3.44. The summed E-state index contributed by atoms with van der Waals surface area (Å²) >= 11 is 3.51. The Morgan fingerprint density at radius 3 is 2.11 bits per heavy atom. The van der Waals surface area contributed by atoms with Gasteiger partial charge in [0.05, 0.1) is 0 Å². The van der Waals surface area contributed by atoms with Crippen LogP contribution in [0, 0.1) is 0 Å². The van der Waals surface area contributed by atoms with Gasteiger partial charge in [-0.1, -0.05) is 58.4 Å². The average Bonchev–Trinajstić information content (AvgIpc) is 2.39. The molecule has 0 fully saturated rings. The molecule has 0 radical (unpaired) electrons. The number of nitrogens with one attached hydrogen (secondary N) is 1. The van der Waals surface area contributed by atoms with E-state index in [4.69, 9.17) is 0 Å². The second-order valence-corrected chi connectivity index (χ2v) is 5.49. The highest BCUT2D eigenvalue weighted by atomic mass is 79.9. The van der Waals surface area contributed by atoms with Gasteiger partial charge in [0.15, 0.2) is 0 Å². The van der Waals surface area contributed by atoms with Crippen LogP contribution in [0.3, 0.4) is 0 Å². The summed E-state index contributed by atoms with van der Waals surface area (Å²) in [7, 11) is 0. The molecule has 0 aromatic heterocycles. The third-order valence-electron chi connectivity index (χ3n) is 3.15. The molecule has 0 aliphatic heterocycles. The van der Waals surface area contributed by atoms with Crippen LogP contribution in [0.5, 0.6) is 0 Å². The summed E-state index contributed by atoms with van der Waals surface area (Å²) in [5.74, 6) is 0. The molecular formula is C16H18BrN. The number of hydrogen-bond donors (Lipinski definition) is 1. The maximum atomic E-state index is 3.62. The van der Waals surface area contributed by atoms with Crippen LogP contribution in [0.1, 0.15) is 37.1 Å². The van der Waals surface area contributed by atoms with Crippen molar-refractivity contribution in [3.63, 3.8) is 0 Å². The first-order valence-corrected chi connectivity index (χ1v) is 7.02. The van der Waals surface area contributed by atoms with E-state index in [-0.39, 0.29) is 0 Å². The van der Waals surface area contributed by atoms with Gasteiger partial charge in [0, 0.05) is 16.6 Å². The van der Waals surface area contributed by atoms with Crippen LogP contribution < -0.4 is 5.32 Å². The van der Waals surface area contributed by atoms with Gasteiger partial charge in [0.1, 0.15) is 0 Å². The second-order valence-electron chi connectivity index (χ2n) is 4.58. The van der Waals surface area contributed by atoms with Crippen LogP contribution >= 0.6 is 15.9 Å². The monoisotopic (exact) mass is 303 g/mol. The lowest BCUT2D eigenvalue weighted by atomic mass is 10.0. The fourth-order valence-corrected chi connectivity index (χ4v) is 2.50. The minimum absolute atomic E-state index is 0.331. The Morgan fingerprint density at radius 1 is 0.833 bits per heavy atom. The average molecular weight is 304 g/mol. The minimum atomic E-state index is 0.331. The van der Waals surface area contributed by atoms with Crippen LogP contribution in [0.15, 0.2) is 59.1 Å². The minimum Gasteiger partial charge on any atom is -0.304 e. The van der Waals surface area contributed by atoms with Crippen molar-refractivity contribution in [3.05, 3.63) is 70.2 Å². The normalized spacial score (nSPS) is 14.2. The van der Waals surface area contributed by atoms with E-state index in [1.807, 2.05) is 6.07 Å². The lowest BCUT2D eigenvalue weighted by molar-refractivity contribution is 0.494. The Labute approximate surface area is 117 Å². The van der Waals surface area contributed by atoms with Gasteiger partial charge < -0.3 is 5.32 Å². The first-order chi connectivity index (χ1) is 8.66. The van der Waals surface area contributed by atoms with Crippen molar-refractivity contribution in [2.75, 3.05) is 0 Å². The highest BCUT2D eigenvalue weighted by Crippen LogP contribution is 2.21. The zero-order valence-electron chi connectivity index (χ0n) is 10.7. The summed E-state index contributed by atoms with van der Waals surface area (Å²) in [6.07, 6.45) is 0. The van der Waals surface area contributed by atoms with E-state index in [0.717, 1.165) is 4.47 Å². The molecular weight excluding hydrogens is 286 g/mol. The van der Waals surface area contributed by atoms with Gasteiger partial charge in [0.25, 0.3) is 0 Å². The van der Waals surface area contributed by atoms with Gasteiger partial charge in [-0.15, -0.1) is 0 Å². The van der Waals surface area contributed by atoms with Gasteiger partial charge in [0.2, 0.25) is 0 Å². The Balaban J connectivity index is 2.05. The molecule has 2 aromatic rings. The zero-order valence-corrected chi connectivity index (χ0v) is 12.3. The summed E-state index contributed by atoms with van der Waals surface area (Å²) < 4.78 is 1.13. The number of hydrogen-bond acceptors (Lipinski definition) is 1. The fourth-order valence-electron chi connectivity index (χ4n) is 2.09. The summed E-state index contributed by atoms with van der Waals surface area (Å²) in [6, 6.07) is 19.6. The van der Waals surface area contributed by atoms with Crippen molar-refractivity contribution in [1.29, 1.82) is 0 Å². The van der Waals surface area contributed by atoms with E-state index in [2.05, 4.69) is 83.6 Å². The Morgan fingerprint density at radius 2 is 1.44 bits per heavy atom. The van der Waals surface area contributed by atoms with Gasteiger partial charge in [-0.05, 0) is 37.1 Å². The Hall–Kier alpha value is -1.12. The number of benzene rings is 2. The first-order valence-electron chi connectivity index (χ1n) is 6.23. The molecule has 1 N–H and O–H groups in total. The second kappa shape index (κ2) is 6.17. The maximum absolute atomic E-state index is 3.62. The van der Waals surface area contributed by atoms with E-state index in [0.29, 0.717) is 12.1 Å². The van der Waals surface area contributed by atoms with Crippen molar-refractivity contribution in [2.45, 2.75) is 25.9 Å². The molecule has 0 saturated heterocycles. The quantitative estimate of drug-likeness (QED) is 0.850. The molecule has 2 atom stereocenters. The molecule has 0 heterocycles. The molecule has 0 spiro atoms. The summed E-state index contributed by atoms with van der Waals surface area (Å²) in [6.45, 7) is 4.39. The van der Waals surface area contributed by atoms with Crippen molar-refractivity contribution in [2.24, 2.45) is 0 Å². The fraction of sp³-hybridized carbons (Fsp3) is 0.250. The molecule has 2 rings (SSSR count). The van der Waals surface area contributed by atoms with Crippen LogP contribution in [0.2, 0.25) is 0 Å². The topological polar surface area (TPSA) is 12.0 Å². The van der Waals surface area contributed by atoms with Crippen molar-refractivity contribution >= 4 is 15.9 Å². The molecule has 0 saturated carbocycles. The summed E-state index contributed by atoms with van der Waals surface area (Å²) in [4.78, 5) is 0. The number of halogens is 1. The van der Waals surface area contributed by atoms with Crippen LogP contribution in [-0.4, -0.2) is 0 Å². The standard InChI is InChI=1S/C16H18BrN/c1-12(14-7-4-3-5-8-14)18-13(2)15-9-6-10-16(17)11-15/h3-13,18H,1-2H3/t12?,13-/m1/s1. The SMILES string of the molecule is CC(N[C@H](C)c1cccc(Br)c1)c1ccccc1. The first kappa shape index (κ1) is 13.3. The highest BCUT2D eigenvalue weighted by Gasteiger charge is 2.10. The Kier molecular flexibility index (Phi) is 4.56. The smallest absolute Gasteiger partial charge is 0.0297 e. The molecule has 2 aromatic carbocycles. The predicted octanol–water partition coefficient (Wildman–Crippen LogP) is 4.86. The number of rotatable bonds is 4. The molecule has 1 unspecified atom stereocenters. The predicted molar refractivity (Wildman–Crippen MR) is 80.5 cm³/mol. The molecule has 2 heteroatoms. The molecule has 1 nitrogen and oxygen atoms in total. The van der Waals surface area contributed by atoms with Gasteiger partial charge >= 0.3 is 0 Å². The van der Waals surface area contributed by atoms with E-state index < -0.39 is 0 Å². The highest BCUT2D eigenvalue weighted by molar-refractivity contribution is 9.10. The van der Waals surface area contributed by atoms with Gasteiger partial charge in [-0.2, -0.15) is 0 Å². The van der Waals surface area contributed by atoms with Crippen LogP contribution in [0.25, 0.3) is 0 Å². The van der Waals surface area contributed by atoms with Crippen LogP contribution in [0.4, 0.5) is 0 Å². The van der Waals surface area contributed by atoms with Crippen molar-refractivity contribution < 1.29 is 0 Å². The zero-order chi connectivity index (χ0) is 13.0. The van der Waals surface area contributed by atoms with Crippen LogP contribution in [-0.2, 0) is 0 Å². The van der Waals surface area contributed by atoms with E-state index in [1.54, 1.807) is 0 Å². The molecule has 0 aliphatic rings. The van der Waals surface area contributed by atoms with E-state index in [9.17, 15) is 0 Å². The van der Waals surface area contributed by atoms with Crippen molar-refractivity contribution in [3.8, 4) is 0 Å². The summed E-state index contributed by atoms with van der Waals surface area (Å²) in [5.41, 5.74) is 2.62. The molecule has 0 bridgehead atoms. The van der Waals surface area contributed by atoms with E-state index >= 15 is 0 Å². The Bertz CT molecular complexity index is 495. The molecule has 94 valence electrons. The van der Waals surface area contributed by atoms with Gasteiger partial charge in [-0.3, -0.25) is 0 Å². The molecule has 18 heavy (non-hydrogen) atoms. The lowest BCUT2D eigenvalue weighted by Crippen LogP contribution is -2.22. The maximum Gasteiger partial charge on any atom is 0.0297 e. The lowest BCUT2D eigenvalue weighted by Gasteiger charge is -2.21.